The normalized spacial score (nSPS) is 11.7. The quantitative estimate of drug-likeness (QED) is 0.272. The van der Waals surface area contributed by atoms with Crippen molar-refractivity contribution in [1.82, 2.24) is 19.5 Å². The number of benzene rings is 2. The van der Waals surface area contributed by atoms with E-state index in [0.29, 0.717) is 17.5 Å². The van der Waals surface area contributed by atoms with Crippen LogP contribution in [-0.2, 0) is 10.0 Å². The van der Waals surface area contributed by atoms with Gasteiger partial charge in [-0.2, -0.15) is 9.78 Å². The smallest absolute Gasteiger partial charge is 0.349 e. The second-order valence-corrected chi connectivity index (χ2v) is 9.71. The van der Waals surface area contributed by atoms with Gasteiger partial charge >= 0.3 is 5.69 Å². The van der Waals surface area contributed by atoms with Crippen molar-refractivity contribution in [3.8, 4) is 22.9 Å². The number of aromatic amines is 1. The third-order valence-corrected chi connectivity index (χ3v) is 6.66. The molecule has 0 aliphatic heterocycles. The van der Waals surface area contributed by atoms with Crippen molar-refractivity contribution >= 4 is 33.2 Å². The molecule has 0 spiro atoms. The summed E-state index contributed by atoms with van der Waals surface area (Å²) < 4.78 is 59.5. The van der Waals surface area contributed by atoms with E-state index in [1.165, 1.54) is 6.07 Å². The van der Waals surface area contributed by atoms with Crippen LogP contribution in [0.15, 0.2) is 44.8 Å². The number of aliphatic hydroxyl groups is 1. The summed E-state index contributed by atoms with van der Waals surface area (Å²) in [7, 11) is -4.13. The van der Waals surface area contributed by atoms with E-state index in [1.54, 1.807) is 4.98 Å². The third kappa shape index (κ3) is 6.20. The Morgan fingerprint density at radius 3 is 2.42 bits per heavy atom. The Hall–Kier alpha value is -3.04. The molecule has 1 heterocycles. The number of nitrogens with zero attached hydrogens (tertiary/aromatic N) is 2. The SMILES string of the molecule is O=c1[nH]c(=O)n(-c2cc(Cl)c(Oc3ccc(O)c(S(=O)(=O)NCCCCO)c3)c(Cl)c2)nc1C(F)F. The van der Waals surface area contributed by atoms with Crippen LogP contribution in [0.5, 0.6) is 17.2 Å². The lowest BCUT2D eigenvalue weighted by atomic mass is 10.3. The molecule has 0 amide bonds. The van der Waals surface area contributed by atoms with Crippen molar-refractivity contribution in [2.75, 3.05) is 13.2 Å². The highest BCUT2D eigenvalue weighted by Gasteiger charge is 2.22. The van der Waals surface area contributed by atoms with Crippen LogP contribution < -0.4 is 20.7 Å². The van der Waals surface area contributed by atoms with Crippen molar-refractivity contribution in [3.05, 3.63) is 66.9 Å². The molecule has 194 valence electrons. The maximum atomic E-state index is 13.0. The topological polar surface area (TPSA) is 164 Å². The predicted octanol–water partition coefficient (Wildman–Crippen LogP) is 2.71. The van der Waals surface area contributed by atoms with Gasteiger partial charge in [-0.1, -0.05) is 23.2 Å². The number of aliphatic hydroxyl groups excluding tert-OH is 1. The molecule has 0 fully saturated rings. The number of phenols is 1. The zero-order valence-corrected chi connectivity index (χ0v) is 20.4. The largest absolute Gasteiger partial charge is 0.507 e. The van der Waals surface area contributed by atoms with Crippen LogP contribution in [0, 0.1) is 0 Å². The molecular weight excluding hydrogens is 549 g/mol. The first kappa shape index (κ1) is 27.5. The molecule has 0 aliphatic carbocycles. The maximum Gasteiger partial charge on any atom is 0.349 e. The van der Waals surface area contributed by atoms with E-state index in [2.05, 4.69) is 9.82 Å². The van der Waals surface area contributed by atoms with Gasteiger partial charge in [0.25, 0.3) is 12.0 Å². The lowest BCUT2D eigenvalue weighted by molar-refractivity contribution is 0.141. The Kier molecular flexibility index (Phi) is 8.68. The minimum atomic E-state index is -4.13. The number of nitrogens with one attached hydrogen (secondary N) is 2. The van der Waals surface area contributed by atoms with Crippen molar-refractivity contribution in [2.45, 2.75) is 24.2 Å². The molecule has 0 atom stereocenters. The second-order valence-electron chi connectivity index (χ2n) is 7.16. The number of alkyl halides is 2. The average Bonchev–Trinajstić information content (AvgIpc) is 2.79. The van der Waals surface area contributed by atoms with Gasteiger partial charge in [0.15, 0.2) is 11.4 Å². The molecule has 3 rings (SSSR count). The minimum absolute atomic E-state index is 0.0258. The Balaban J connectivity index is 1.94. The van der Waals surface area contributed by atoms with Gasteiger partial charge in [0.05, 0.1) is 15.7 Å². The first-order valence-electron chi connectivity index (χ1n) is 10.1. The number of sulfonamides is 1. The van der Waals surface area contributed by atoms with Crippen LogP contribution in [-0.4, -0.2) is 46.5 Å². The molecule has 36 heavy (non-hydrogen) atoms. The molecule has 4 N–H and O–H groups in total. The summed E-state index contributed by atoms with van der Waals surface area (Å²) in [6.07, 6.45) is -2.50. The van der Waals surface area contributed by atoms with Crippen molar-refractivity contribution < 1.29 is 32.1 Å². The van der Waals surface area contributed by atoms with Gasteiger partial charge in [-0.25, -0.2) is 26.7 Å². The Labute approximate surface area is 211 Å². The lowest BCUT2D eigenvalue weighted by Gasteiger charge is -2.14. The van der Waals surface area contributed by atoms with Crippen LogP contribution in [0.25, 0.3) is 5.69 Å². The van der Waals surface area contributed by atoms with Crippen LogP contribution in [0.2, 0.25) is 10.0 Å². The molecule has 0 bridgehead atoms. The minimum Gasteiger partial charge on any atom is -0.507 e. The van der Waals surface area contributed by atoms with Crippen LogP contribution in [0.1, 0.15) is 25.0 Å². The molecule has 1 aromatic heterocycles. The monoisotopic (exact) mass is 566 g/mol. The first-order chi connectivity index (χ1) is 16.9. The molecule has 0 aliphatic rings. The highest BCUT2D eigenvalue weighted by atomic mass is 35.5. The molecule has 16 heteroatoms. The summed E-state index contributed by atoms with van der Waals surface area (Å²) in [4.78, 5) is 24.8. The van der Waals surface area contributed by atoms with E-state index >= 15 is 0 Å². The number of hydrogen-bond acceptors (Lipinski definition) is 8. The molecule has 0 radical (unpaired) electrons. The average molecular weight is 567 g/mol. The van der Waals surface area contributed by atoms with Gasteiger partial charge in [0, 0.05) is 19.2 Å². The molecule has 3 aromatic rings. The fourth-order valence-corrected chi connectivity index (χ4v) is 4.64. The molecule has 2 aromatic carbocycles. The summed E-state index contributed by atoms with van der Waals surface area (Å²) in [5, 5.41) is 21.8. The Morgan fingerprint density at radius 1 is 1.14 bits per heavy atom. The number of halogens is 4. The van der Waals surface area contributed by atoms with Gasteiger partial charge < -0.3 is 14.9 Å². The zero-order valence-electron chi connectivity index (χ0n) is 18.0. The summed E-state index contributed by atoms with van der Waals surface area (Å²) in [5.74, 6) is -0.819. The Morgan fingerprint density at radius 2 is 1.81 bits per heavy atom. The number of hydrogen-bond donors (Lipinski definition) is 4. The third-order valence-electron chi connectivity index (χ3n) is 4.61. The Bertz CT molecular complexity index is 1470. The second kappa shape index (κ2) is 11.3. The molecule has 0 saturated heterocycles. The van der Waals surface area contributed by atoms with Gasteiger partial charge in [-0.05, 0) is 37.1 Å². The summed E-state index contributed by atoms with van der Waals surface area (Å²) in [6.45, 7) is -0.0745. The van der Waals surface area contributed by atoms with Crippen LogP contribution >= 0.6 is 23.2 Å². The number of aromatic nitrogens is 3. The number of ether oxygens (including phenoxy) is 1. The van der Waals surface area contributed by atoms with E-state index in [-0.39, 0.29) is 40.4 Å². The molecule has 0 saturated carbocycles. The number of aromatic hydroxyl groups is 1. The van der Waals surface area contributed by atoms with Crippen molar-refractivity contribution in [3.63, 3.8) is 0 Å². The summed E-state index contributed by atoms with van der Waals surface area (Å²) in [6, 6.07) is 5.54. The molecule has 0 unspecified atom stereocenters. The fraction of sp³-hybridized carbons (Fsp3) is 0.250. The zero-order chi connectivity index (χ0) is 26.6. The van der Waals surface area contributed by atoms with Gasteiger partial charge in [0.2, 0.25) is 10.0 Å². The van der Waals surface area contributed by atoms with E-state index in [1.807, 2.05) is 0 Å². The van der Waals surface area contributed by atoms with Crippen molar-refractivity contribution in [1.29, 1.82) is 0 Å². The van der Waals surface area contributed by atoms with Crippen LogP contribution in [0.3, 0.4) is 0 Å². The van der Waals surface area contributed by atoms with Gasteiger partial charge in [0.1, 0.15) is 16.4 Å². The van der Waals surface area contributed by atoms with Crippen LogP contribution in [0.4, 0.5) is 8.78 Å². The molecular formula is C20H18Cl2F2N4O7S. The van der Waals surface area contributed by atoms with Crippen molar-refractivity contribution in [2.24, 2.45) is 0 Å². The molecule has 11 nitrogen and oxygen atoms in total. The summed E-state index contributed by atoms with van der Waals surface area (Å²) in [5.41, 5.74) is -3.82. The highest BCUT2D eigenvalue weighted by Crippen LogP contribution is 2.39. The number of H-pyrrole nitrogens is 1. The van der Waals surface area contributed by atoms with E-state index < -0.39 is 44.0 Å². The first-order valence-corrected chi connectivity index (χ1v) is 12.3. The van der Waals surface area contributed by atoms with E-state index in [0.717, 1.165) is 24.3 Å². The highest BCUT2D eigenvalue weighted by molar-refractivity contribution is 7.89. The van der Waals surface area contributed by atoms with E-state index in [9.17, 15) is 31.9 Å². The number of phenolic OH excluding ortho intramolecular Hbond substituents is 1. The fourth-order valence-electron chi connectivity index (χ4n) is 2.91. The maximum absolute atomic E-state index is 13.0. The van der Waals surface area contributed by atoms with Gasteiger partial charge in [-0.15, -0.1) is 0 Å². The number of rotatable bonds is 10. The van der Waals surface area contributed by atoms with E-state index in [4.69, 9.17) is 33.0 Å². The van der Waals surface area contributed by atoms with Gasteiger partial charge in [-0.3, -0.25) is 9.78 Å². The predicted molar refractivity (Wildman–Crippen MR) is 125 cm³/mol. The standard InChI is InChI=1S/C20H18Cl2F2N4O7S/c21-12-7-10(28-20(32)26-19(31)16(27-28)18(23)24)8-13(22)17(12)35-11-3-4-14(30)15(9-11)36(33,34)25-5-1-2-6-29/h3-4,7-9,18,25,29-30H,1-2,5-6H2,(H,26,31,32). The lowest BCUT2D eigenvalue weighted by Crippen LogP contribution is -2.34. The summed E-state index contributed by atoms with van der Waals surface area (Å²) >= 11 is 12.4. The number of unbranched alkanes of at least 4 members (excludes halogenated alkanes) is 1.